The summed E-state index contributed by atoms with van der Waals surface area (Å²) in [5.41, 5.74) is 1.02. The van der Waals surface area contributed by atoms with Gasteiger partial charge in [0.05, 0.1) is 5.69 Å². The maximum Gasteiger partial charge on any atom is 0.262 e. The lowest BCUT2D eigenvalue weighted by molar-refractivity contribution is 0.102. The van der Waals surface area contributed by atoms with Crippen molar-refractivity contribution in [2.75, 3.05) is 5.32 Å². The van der Waals surface area contributed by atoms with E-state index in [1.165, 1.54) is 0 Å². The molecule has 2 aromatic heterocycles. The Morgan fingerprint density at radius 1 is 1.41 bits per heavy atom. The molecule has 1 N–H and O–H groups in total. The highest BCUT2D eigenvalue weighted by molar-refractivity contribution is 9.10. The van der Waals surface area contributed by atoms with Gasteiger partial charge in [-0.05, 0) is 41.9 Å². The van der Waals surface area contributed by atoms with Gasteiger partial charge in [-0.25, -0.2) is 4.98 Å². The Hall–Kier alpha value is -1.69. The van der Waals surface area contributed by atoms with E-state index >= 15 is 0 Å². The number of halogens is 1. The largest absolute Gasteiger partial charge is 0.361 e. The van der Waals surface area contributed by atoms with Gasteiger partial charge in [-0.3, -0.25) is 4.79 Å². The van der Waals surface area contributed by atoms with Gasteiger partial charge in [-0.15, -0.1) is 0 Å². The van der Waals surface area contributed by atoms with Crippen LogP contribution in [0.2, 0.25) is 0 Å². The van der Waals surface area contributed by atoms with Crippen molar-refractivity contribution < 1.29 is 9.32 Å². The van der Waals surface area contributed by atoms with Crippen molar-refractivity contribution in [3.63, 3.8) is 0 Å². The smallest absolute Gasteiger partial charge is 0.262 e. The Morgan fingerprint density at radius 2 is 2.18 bits per heavy atom. The van der Waals surface area contributed by atoms with Gasteiger partial charge in [0.2, 0.25) is 0 Å². The van der Waals surface area contributed by atoms with Crippen LogP contribution in [-0.2, 0) is 0 Å². The first-order chi connectivity index (χ1) is 8.08. The van der Waals surface area contributed by atoms with Crippen molar-refractivity contribution in [1.82, 2.24) is 10.1 Å². The molecule has 2 heterocycles. The van der Waals surface area contributed by atoms with Gasteiger partial charge >= 0.3 is 0 Å². The summed E-state index contributed by atoms with van der Waals surface area (Å²) in [5, 5.41) is 6.42. The zero-order valence-corrected chi connectivity index (χ0v) is 10.9. The number of nitrogens with zero attached hydrogens (tertiary/aromatic N) is 2. The molecule has 0 radical (unpaired) electrons. The number of rotatable bonds is 2. The van der Waals surface area contributed by atoms with Crippen molar-refractivity contribution in [2.45, 2.75) is 13.8 Å². The van der Waals surface area contributed by atoms with Crippen LogP contribution in [-0.4, -0.2) is 16.0 Å². The minimum absolute atomic E-state index is 0.271. The molecule has 6 heteroatoms. The first-order valence-electron chi connectivity index (χ1n) is 4.94. The predicted molar refractivity (Wildman–Crippen MR) is 65.9 cm³/mol. The van der Waals surface area contributed by atoms with Gasteiger partial charge in [-0.1, -0.05) is 11.2 Å². The number of pyridine rings is 1. The number of hydrogen-bond donors (Lipinski definition) is 1. The molecular formula is C11H10BrN3O2. The Kier molecular flexibility index (Phi) is 3.23. The summed E-state index contributed by atoms with van der Waals surface area (Å²) in [6.45, 7) is 3.42. The monoisotopic (exact) mass is 295 g/mol. The van der Waals surface area contributed by atoms with E-state index in [0.29, 0.717) is 27.4 Å². The summed E-state index contributed by atoms with van der Waals surface area (Å²) in [7, 11) is 0. The molecule has 17 heavy (non-hydrogen) atoms. The van der Waals surface area contributed by atoms with Gasteiger partial charge in [0.15, 0.2) is 0 Å². The predicted octanol–water partition coefficient (Wildman–Crippen LogP) is 2.70. The summed E-state index contributed by atoms with van der Waals surface area (Å²) in [5.74, 6) is 0.700. The van der Waals surface area contributed by atoms with Gasteiger partial charge in [-0.2, -0.15) is 0 Å². The second-order valence-corrected chi connectivity index (χ2v) is 4.31. The van der Waals surface area contributed by atoms with E-state index in [2.05, 4.69) is 31.4 Å². The quantitative estimate of drug-likeness (QED) is 0.865. The number of aryl methyl sites for hydroxylation is 2. The minimum Gasteiger partial charge on any atom is -0.361 e. The first-order valence-corrected chi connectivity index (χ1v) is 5.74. The Balaban J connectivity index is 2.23. The van der Waals surface area contributed by atoms with Gasteiger partial charge < -0.3 is 9.84 Å². The molecule has 0 aromatic carbocycles. The topological polar surface area (TPSA) is 68.0 Å². The number of hydrogen-bond acceptors (Lipinski definition) is 4. The van der Waals surface area contributed by atoms with Gasteiger partial charge in [0, 0.05) is 0 Å². The molecule has 88 valence electrons. The molecule has 0 atom stereocenters. The number of anilines is 1. The number of carbonyl (C=O) groups is 1. The molecule has 0 aliphatic heterocycles. The molecule has 1 amide bonds. The van der Waals surface area contributed by atoms with Crippen molar-refractivity contribution in [1.29, 1.82) is 0 Å². The van der Waals surface area contributed by atoms with E-state index < -0.39 is 0 Å². The summed E-state index contributed by atoms with van der Waals surface area (Å²) in [6, 6.07) is 5.28. The van der Waals surface area contributed by atoms with Gasteiger partial charge in [0.25, 0.3) is 5.91 Å². The molecule has 0 aliphatic carbocycles. The lowest BCUT2D eigenvalue weighted by Crippen LogP contribution is -2.14. The molecular weight excluding hydrogens is 286 g/mol. The second kappa shape index (κ2) is 4.67. The van der Waals surface area contributed by atoms with E-state index in [-0.39, 0.29) is 5.91 Å². The molecule has 0 aliphatic rings. The number of aromatic nitrogens is 2. The van der Waals surface area contributed by atoms with E-state index in [0.717, 1.165) is 0 Å². The zero-order chi connectivity index (χ0) is 12.4. The standard InChI is InChI=1S/C11H10BrN3O2/c1-6-10(7(2)17-15-6)11(16)14-9-5-3-4-8(12)13-9/h3-5H,1-2H3,(H,13,14,16). The molecule has 0 saturated heterocycles. The highest BCUT2D eigenvalue weighted by Crippen LogP contribution is 2.15. The van der Waals surface area contributed by atoms with Crippen LogP contribution in [0.15, 0.2) is 27.3 Å². The average molecular weight is 296 g/mol. The molecule has 5 nitrogen and oxygen atoms in total. The van der Waals surface area contributed by atoms with Crippen molar-refractivity contribution >= 4 is 27.7 Å². The van der Waals surface area contributed by atoms with Crippen LogP contribution in [0, 0.1) is 13.8 Å². The maximum absolute atomic E-state index is 12.0. The Labute approximate surface area is 106 Å². The van der Waals surface area contributed by atoms with Crippen LogP contribution in [0.5, 0.6) is 0 Å². The van der Waals surface area contributed by atoms with E-state index in [1.807, 2.05) is 0 Å². The normalized spacial score (nSPS) is 10.3. The highest BCUT2D eigenvalue weighted by atomic mass is 79.9. The van der Waals surface area contributed by atoms with Crippen molar-refractivity contribution in [2.24, 2.45) is 0 Å². The fourth-order valence-corrected chi connectivity index (χ4v) is 1.81. The summed E-state index contributed by atoms with van der Waals surface area (Å²) < 4.78 is 5.60. The van der Waals surface area contributed by atoms with E-state index in [9.17, 15) is 4.79 Å². The third kappa shape index (κ3) is 2.52. The lowest BCUT2D eigenvalue weighted by Gasteiger charge is -2.03. The fourth-order valence-electron chi connectivity index (χ4n) is 1.46. The third-order valence-electron chi connectivity index (χ3n) is 2.22. The molecule has 0 unspecified atom stereocenters. The van der Waals surface area contributed by atoms with Crippen molar-refractivity contribution in [3.8, 4) is 0 Å². The molecule has 0 saturated carbocycles. The Bertz CT molecular complexity index is 546. The summed E-state index contributed by atoms with van der Waals surface area (Å²) in [6.07, 6.45) is 0. The number of amides is 1. The first kappa shape index (κ1) is 11.8. The van der Waals surface area contributed by atoms with E-state index in [4.69, 9.17) is 4.52 Å². The van der Waals surface area contributed by atoms with Crippen LogP contribution in [0.25, 0.3) is 0 Å². The van der Waals surface area contributed by atoms with E-state index in [1.54, 1.807) is 32.0 Å². The number of nitrogens with one attached hydrogen (secondary N) is 1. The maximum atomic E-state index is 12.0. The second-order valence-electron chi connectivity index (χ2n) is 3.50. The number of carbonyl (C=O) groups excluding carboxylic acids is 1. The fraction of sp³-hybridized carbons (Fsp3) is 0.182. The van der Waals surface area contributed by atoms with Gasteiger partial charge in [0.1, 0.15) is 21.7 Å². The summed E-state index contributed by atoms with van der Waals surface area (Å²) >= 11 is 3.24. The van der Waals surface area contributed by atoms with Crippen LogP contribution in [0.1, 0.15) is 21.8 Å². The lowest BCUT2D eigenvalue weighted by atomic mass is 10.2. The van der Waals surface area contributed by atoms with Crippen LogP contribution in [0.3, 0.4) is 0 Å². The summed E-state index contributed by atoms with van der Waals surface area (Å²) in [4.78, 5) is 16.1. The van der Waals surface area contributed by atoms with Crippen LogP contribution in [0.4, 0.5) is 5.82 Å². The molecule has 0 fully saturated rings. The van der Waals surface area contributed by atoms with Crippen LogP contribution >= 0.6 is 15.9 Å². The Morgan fingerprint density at radius 3 is 2.76 bits per heavy atom. The molecule has 0 bridgehead atoms. The zero-order valence-electron chi connectivity index (χ0n) is 9.32. The molecule has 2 rings (SSSR count). The molecule has 0 spiro atoms. The van der Waals surface area contributed by atoms with Crippen LogP contribution < -0.4 is 5.32 Å². The average Bonchev–Trinajstić information content (AvgIpc) is 2.58. The third-order valence-corrected chi connectivity index (χ3v) is 2.66. The minimum atomic E-state index is -0.271. The highest BCUT2D eigenvalue weighted by Gasteiger charge is 2.17. The van der Waals surface area contributed by atoms with Crippen molar-refractivity contribution in [3.05, 3.63) is 39.8 Å². The molecule has 2 aromatic rings. The SMILES string of the molecule is Cc1noc(C)c1C(=O)Nc1cccc(Br)n1.